The average Bonchev–Trinajstić information content (AvgIpc) is 3.11. The van der Waals surface area contributed by atoms with Crippen molar-refractivity contribution >= 4 is 29.2 Å². The van der Waals surface area contributed by atoms with Crippen LogP contribution in [0.25, 0.3) is 0 Å². The molecular weight excluding hydrogens is 360 g/mol. The molecule has 142 valence electrons. The normalized spacial score (nSPS) is 14.5. The average molecular weight is 385 g/mol. The van der Waals surface area contributed by atoms with E-state index in [-0.39, 0.29) is 5.91 Å². The predicted molar refractivity (Wildman–Crippen MR) is 111 cm³/mol. The first-order valence-corrected chi connectivity index (χ1v) is 9.69. The number of hydrogen-bond acceptors (Lipinski definition) is 2. The van der Waals surface area contributed by atoms with Gasteiger partial charge in [-0.1, -0.05) is 35.9 Å². The third-order valence-corrected chi connectivity index (χ3v) is 4.71. The van der Waals surface area contributed by atoms with Gasteiger partial charge in [0.15, 0.2) is 5.96 Å². The molecule has 0 saturated carbocycles. The highest BCUT2D eigenvalue weighted by Crippen LogP contribution is 2.21. The van der Waals surface area contributed by atoms with Crippen LogP contribution in [0, 0.1) is 0 Å². The third kappa shape index (κ3) is 5.47. The number of nitrogens with zero attached hydrogens (tertiary/aromatic N) is 2. The van der Waals surface area contributed by atoms with Gasteiger partial charge in [0.2, 0.25) is 5.91 Å². The van der Waals surface area contributed by atoms with Gasteiger partial charge >= 0.3 is 0 Å². The summed E-state index contributed by atoms with van der Waals surface area (Å²) >= 11 is 5.92. The topological polar surface area (TPSA) is 56.7 Å². The molecule has 1 aliphatic heterocycles. The molecule has 1 fully saturated rings. The molecule has 2 aromatic carbocycles. The number of guanidine groups is 1. The van der Waals surface area contributed by atoms with E-state index in [1.165, 1.54) is 0 Å². The zero-order valence-electron chi connectivity index (χ0n) is 15.5. The first-order chi connectivity index (χ1) is 13.2. The lowest BCUT2D eigenvalue weighted by atomic mass is 10.2. The van der Waals surface area contributed by atoms with Gasteiger partial charge in [-0.2, -0.15) is 0 Å². The highest BCUT2D eigenvalue weighted by Gasteiger charge is 2.21. The van der Waals surface area contributed by atoms with Crippen LogP contribution >= 0.6 is 11.6 Å². The number of nitrogens with one attached hydrogen (secondary N) is 2. The van der Waals surface area contributed by atoms with Crippen LogP contribution in [-0.2, 0) is 17.9 Å². The molecular formula is C21H25ClN4O. The Labute approximate surface area is 165 Å². The maximum Gasteiger partial charge on any atom is 0.227 e. The largest absolute Gasteiger partial charge is 0.357 e. The Bertz CT molecular complexity index is 787. The molecule has 0 bridgehead atoms. The van der Waals surface area contributed by atoms with E-state index in [4.69, 9.17) is 11.6 Å². The summed E-state index contributed by atoms with van der Waals surface area (Å²) in [5.41, 5.74) is 3.22. The molecule has 3 rings (SSSR count). The number of rotatable bonds is 6. The number of anilines is 1. The van der Waals surface area contributed by atoms with Crippen molar-refractivity contribution in [2.24, 2.45) is 4.99 Å². The second kappa shape index (κ2) is 9.42. The highest BCUT2D eigenvalue weighted by molar-refractivity contribution is 6.30. The van der Waals surface area contributed by atoms with E-state index in [0.717, 1.165) is 47.3 Å². The van der Waals surface area contributed by atoms with Crippen molar-refractivity contribution in [1.29, 1.82) is 0 Å². The summed E-state index contributed by atoms with van der Waals surface area (Å²) in [7, 11) is 0. The lowest BCUT2D eigenvalue weighted by Crippen LogP contribution is -2.36. The Balaban J connectivity index is 1.58. The van der Waals surface area contributed by atoms with E-state index in [0.29, 0.717) is 19.5 Å². The molecule has 0 aliphatic carbocycles. The van der Waals surface area contributed by atoms with Crippen LogP contribution in [0.4, 0.5) is 5.69 Å². The summed E-state index contributed by atoms with van der Waals surface area (Å²) in [6, 6.07) is 15.8. The Hall–Kier alpha value is -2.53. The molecule has 1 saturated heterocycles. The summed E-state index contributed by atoms with van der Waals surface area (Å²) in [6.07, 6.45) is 1.59. The van der Waals surface area contributed by atoms with E-state index >= 15 is 0 Å². The lowest BCUT2D eigenvalue weighted by Gasteiger charge is -2.16. The zero-order chi connectivity index (χ0) is 19.1. The molecule has 0 radical (unpaired) electrons. The van der Waals surface area contributed by atoms with Crippen molar-refractivity contribution in [2.45, 2.75) is 32.9 Å². The molecule has 6 heteroatoms. The minimum Gasteiger partial charge on any atom is -0.357 e. The van der Waals surface area contributed by atoms with E-state index in [2.05, 4.69) is 15.6 Å². The van der Waals surface area contributed by atoms with Gasteiger partial charge in [0.05, 0.1) is 6.54 Å². The maximum absolute atomic E-state index is 11.8. The summed E-state index contributed by atoms with van der Waals surface area (Å²) in [4.78, 5) is 18.3. The molecule has 27 heavy (non-hydrogen) atoms. The van der Waals surface area contributed by atoms with Crippen molar-refractivity contribution in [2.75, 3.05) is 18.0 Å². The molecule has 0 spiro atoms. The maximum atomic E-state index is 11.8. The van der Waals surface area contributed by atoms with E-state index in [1.54, 1.807) is 0 Å². The van der Waals surface area contributed by atoms with Crippen LogP contribution < -0.4 is 15.5 Å². The molecule has 5 nitrogen and oxygen atoms in total. The van der Waals surface area contributed by atoms with Crippen LogP contribution in [0.2, 0.25) is 5.02 Å². The van der Waals surface area contributed by atoms with Gasteiger partial charge in [-0.05, 0) is 48.7 Å². The van der Waals surface area contributed by atoms with E-state index < -0.39 is 0 Å². The molecule has 1 heterocycles. The molecule has 1 aliphatic rings. The second-order valence-electron chi connectivity index (χ2n) is 6.49. The Morgan fingerprint density at radius 3 is 2.41 bits per heavy atom. The fourth-order valence-corrected chi connectivity index (χ4v) is 3.13. The van der Waals surface area contributed by atoms with E-state index in [1.807, 2.05) is 60.4 Å². The number of amides is 1. The fourth-order valence-electron chi connectivity index (χ4n) is 3.00. The van der Waals surface area contributed by atoms with Crippen molar-refractivity contribution in [3.8, 4) is 0 Å². The summed E-state index contributed by atoms with van der Waals surface area (Å²) < 4.78 is 0. The van der Waals surface area contributed by atoms with Gasteiger partial charge < -0.3 is 15.5 Å². The number of carbonyl (C=O) groups excluding carboxylic acids is 1. The molecule has 2 N–H and O–H groups in total. The van der Waals surface area contributed by atoms with Crippen molar-refractivity contribution in [1.82, 2.24) is 10.6 Å². The number of carbonyl (C=O) groups is 1. The van der Waals surface area contributed by atoms with Gasteiger partial charge in [-0.15, -0.1) is 0 Å². The highest BCUT2D eigenvalue weighted by atomic mass is 35.5. The first kappa shape index (κ1) is 19.2. The zero-order valence-corrected chi connectivity index (χ0v) is 16.3. The van der Waals surface area contributed by atoms with Gasteiger partial charge in [0.1, 0.15) is 0 Å². The van der Waals surface area contributed by atoms with Crippen LogP contribution in [0.15, 0.2) is 53.5 Å². The van der Waals surface area contributed by atoms with Gasteiger partial charge in [0.25, 0.3) is 0 Å². The fraction of sp³-hybridized carbons (Fsp3) is 0.333. The van der Waals surface area contributed by atoms with Crippen molar-refractivity contribution < 1.29 is 4.79 Å². The molecule has 0 unspecified atom stereocenters. The van der Waals surface area contributed by atoms with Gasteiger partial charge in [-0.3, -0.25) is 4.79 Å². The van der Waals surface area contributed by atoms with Crippen molar-refractivity contribution in [3.05, 3.63) is 64.7 Å². The Kier molecular flexibility index (Phi) is 6.71. The number of benzene rings is 2. The summed E-state index contributed by atoms with van der Waals surface area (Å²) in [5.74, 6) is 0.979. The smallest absolute Gasteiger partial charge is 0.227 e. The number of halogens is 1. The predicted octanol–water partition coefficient (Wildman–Crippen LogP) is 3.72. The quantitative estimate of drug-likeness (QED) is 0.589. The van der Waals surface area contributed by atoms with Crippen LogP contribution in [0.1, 0.15) is 30.9 Å². The van der Waals surface area contributed by atoms with E-state index in [9.17, 15) is 4.79 Å². The summed E-state index contributed by atoms with van der Waals surface area (Å²) in [6.45, 7) is 4.91. The first-order valence-electron chi connectivity index (χ1n) is 9.31. The standard InChI is InChI=1S/C21H25ClN4O/c1-2-23-21(24-14-16-5-9-18(22)10-6-16)25-15-17-7-11-19(12-8-17)26-13-3-4-20(26)27/h5-12H,2-4,13-15H2,1H3,(H2,23,24,25). The van der Waals surface area contributed by atoms with Gasteiger partial charge in [-0.25, -0.2) is 4.99 Å². The third-order valence-electron chi connectivity index (χ3n) is 4.46. The Morgan fingerprint density at radius 2 is 1.78 bits per heavy atom. The summed E-state index contributed by atoms with van der Waals surface area (Å²) in [5, 5.41) is 7.32. The SMILES string of the molecule is CCNC(=NCc1ccc(N2CCCC2=O)cc1)NCc1ccc(Cl)cc1. The van der Waals surface area contributed by atoms with Crippen LogP contribution in [-0.4, -0.2) is 25.0 Å². The van der Waals surface area contributed by atoms with Crippen LogP contribution in [0.3, 0.4) is 0 Å². The van der Waals surface area contributed by atoms with Crippen LogP contribution in [0.5, 0.6) is 0 Å². The minimum atomic E-state index is 0.210. The second-order valence-corrected chi connectivity index (χ2v) is 6.93. The minimum absolute atomic E-state index is 0.210. The van der Waals surface area contributed by atoms with Gasteiger partial charge in [0, 0.05) is 36.8 Å². The monoisotopic (exact) mass is 384 g/mol. The number of aliphatic imine (C=N–C) groups is 1. The lowest BCUT2D eigenvalue weighted by molar-refractivity contribution is -0.117. The molecule has 1 amide bonds. The number of hydrogen-bond donors (Lipinski definition) is 2. The molecule has 0 atom stereocenters. The Morgan fingerprint density at radius 1 is 1.07 bits per heavy atom. The van der Waals surface area contributed by atoms with Crippen molar-refractivity contribution in [3.63, 3.8) is 0 Å². The molecule has 2 aromatic rings. The molecule has 0 aromatic heterocycles.